The molecule has 1 atom stereocenters. The van der Waals surface area contributed by atoms with E-state index in [9.17, 15) is 0 Å². The highest BCUT2D eigenvalue weighted by atomic mass is 14.8. The van der Waals surface area contributed by atoms with Gasteiger partial charge in [-0.25, -0.2) is 0 Å². The molecule has 1 heteroatoms. The molecule has 0 saturated heterocycles. The third-order valence-electron chi connectivity index (χ3n) is 3.45. The number of rotatable bonds is 2. The van der Waals surface area contributed by atoms with Gasteiger partial charge in [0.05, 0.1) is 5.69 Å². The standard InChI is InChI=1S/C17H16N/c1-13-16(11-14-7-3-2-4-8-14)12-15-9-5-6-10-17(15)18-13/h2-10,12,16H,11H2,1H3. The first-order valence-electron chi connectivity index (χ1n) is 6.36. The second kappa shape index (κ2) is 4.77. The Kier molecular flexibility index (Phi) is 2.97. The molecule has 0 saturated carbocycles. The Labute approximate surface area is 108 Å². The smallest absolute Gasteiger partial charge is 0.0664 e. The Balaban J connectivity index is 1.85. The van der Waals surface area contributed by atoms with Crippen molar-refractivity contribution < 1.29 is 0 Å². The highest BCUT2D eigenvalue weighted by Crippen LogP contribution is 2.31. The van der Waals surface area contributed by atoms with Crippen LogP contribution in [0, 0.1) is 12.3 Å². The predicted molar refractivity (Wildman–Crippen MR) is 76.2 cm³/mol. The SMILES string of the molecule is CC1=Nc2ccccc2[CH]C1Cc1ccccc1. The van der Waals surface area contributed by atoms with Gasteiger partial charge >= 0.3 is 0 Å². The highest BCUT2D eigenvalue weighted by molar-refractivity contribution is 5.91. The summed E-state index contributed by atoms with van der Waals surface area (Å²) in [6.07, 6.45) is 3.37. The molecule has 0 spiro atoms. The van der Waals surface area contributed by atoms with E-state index in [1.165, 1.54) is 16.8 Å². The Morgan fingerprint density at radius 3 is 2.50 bits per heavy atom. The summed E-state index contributed by atoms with van der Waals surface area (Å²) in [7, 11) is 0. The van der Waals surface area contributed by atoms with Crippen molar-refractivity contribution >= 4 is 11.4 Å². The van der Waals surface area contributed by atoms with Crippen LogP contribution in [-0.2, 0) is 6.42 Å². The van der Waals surface area contributed by atoms with Crippen molar-refractivity contribution in [3.63, 3.8) is 0 Å². The molecule has 1 heterocycles. The van der Waals surface area contributed by atoms with E-state index in [0.29, 0.717) is 5.92 Å². The van der Waals surface area contributed by atoms with Crippen LogP contribution in [0.5, 0.6) is 0 Å². The van der Waals surface area contributed by atoms with Crippen LogP contribution < -0.4 is 0 Å². The normalized spacial score (nSPS) is 18.1. The summed E-state index contributed by atoms with van der Waals surface area (Å²) in [4.78, 5) is 4.71. The number of fused-ring (bicyclic) bond motifs is 1. The topological polar surface area (TPSA) is 12.4 Å². The molecule has 89 valence electrons. The summed E-state index contributed by atoms with van der Waals surface area (Å²) in [5.74, 6) is 0.419. The highest BCUT2D eigenvalue weighted by Gasteiger charge is 2.20. The summed E-state index contributed by atoms with van der Waals surface area (Å²) in [6, 6.07) is 19.0. The van der Waals surface area contributed by atoms with Crippen LogP contribution in [0.1, 0.15) is 18.1 Å². The van der Waals surface area contributed by atoms with Crippen molar-refractivity contribution in [2.75, 3.05) is 0 Å². The molecule has 0 aromatic heterocycles. The Hall–Kier alpha value is -1.89. The number of nitrogens with zero attached hydrogens (tertiary/aromatic N) is 1. The molecule has 1 radical (unpaired) electrons. The minimum absolute atomic E-state index is 0.419. The maximum absolute atomic E-state index is 4.71. The average molecular weight is 234 g/mol. The lowest BCUT2D eigenvalue weighted by atomic mass is 9.86. The number of para-hydroxylation sites is 1. The zero-order valence-corrected chi connectivity index (χ0v) is 10.5. The van der Waals surface area contributed by atoms with Crippen LogP contribution >= 0.6 is 0 Å². The molecule has 0 fully saturated rings. The molecule has 0 N–H and O–H groups in total. The van der Waals surface area contributed by atoms with Crippen molar-refractivity contribution in [1.29, 1.82) is 0 Å². The van der Waals surface area contributed by atoms with Gasteiger partial charge in [0, 0.05) is 18.1 Å². The number of aliphatic imine (C=N–C) groups is 1. The number of benzene rings is 2. The summed E-state index contributed by atoms with van der Waals surface area (Å²) in [5.41, 5.74) is 4.92. The monoisotopic (exact) mass is 234 g/mol. The van der Waals surface area contributed by atoms with Crippen LogP contribution in [0.25, 0.3) is 0 Å². The van der Waals surface area contributed by atoms with E-state index >= 15 is 0 Å². The van der Waals surface area contributed by atoms with E-state index in [4.69, 9.17) is 4.99 Å². The zero-order valence-electron chi connectivity index (χ0n) is 10.5. The van der Waals surface area contributed by atoms with E-state index in [1.807, 2.05) is 6.07 Å². The van der Waals surface area contributed by atoms with Gasteiger partial charge < -0.3 is 0 Å². The Morgan fingerprint density at radius 1 is 0.944 bits per heavy atom. The first kappa shape index (κ1) is 11.2. The van der Waals surface area contributed by atoms with E-state index in [2.05, 4.69) is 61.9 Å². The fourth-order valence-electron chi connectivity index (χ4n) is 2.42. The van der Waals surface area contributed by atoms with Crippen LogP contribution in [0.3, 0.4) is 0 Å². The summed E-state index contributed by atoms with van der Waals surface area (Å²) in [6.45, 7) is 2.13. The Bertz CT molecular complexity index is 569. The molecule has 1 unspecified atom stereocenters. The van der Waals surface area contributed by atoms with Crippen LogP contribution in [0.2, 0.25) is 0 Å². The van der Waals surface area contributed by atoms with Gasteiger partial charge in [0.1, 0.15) is 0 Å². The molecule has 0 amide bonds. The lowest BCUT2D eigenvalue weighted by molar-refractivity contribution is 0.788. The lowest BCUT2D eigenvalue weighted by Crippen LogP contribution is -2.18. The molecular weight excluding hydrogens is 218 g/mol. The quantitative estimate of drug-likeness (QED) is 0.738. The molecule has 2 aromatic carbocycles. The average Bonchev–Trinajstić information content (AvgIpc) is 2.41. The van der Waals surface area contributed by atoms with Gasteiger partial charge in [0.2, 0.25) is 0 Å². The summed E-state index contributed by atoms with van der Waals surface area (Å²) in [5, 5.41) is 0. The molecule has 0 aliphatic carbocycles. The Morgan fingerprint density at radius 2 is 1.67 bits per heavy atom. The van der Waals surface area contributed by atoms with E-state index in [0.717, 1.165) is 12.1 Å². The molecule has 18 heavy (non-hydrogen) atoms. The fraction of sp³-hybridized carbons (Fsp3) is 0.176. The maximum Gasteiger partial charge on any atom is 0.0664 e. The second-order valence-electron chi connectivity index (χ2n) is 4.77. The molecule has 1 aliphatic heterocycles. The van der Waals surface area contributed by atoms with Gasteiger partial charge in [0.25, 0.3) is 0 Å². The van der Waals surface area contributed by atoms with Crippen molar-refractivity contribution in [2.45, 2.75) is 13.3 Å². The van der Waals surface area contributed by atoms with Crippen LogP contribution in [0.4, 0.5) is 5.69 Å². The van der Waals surface area contributed by atoms with Gasteiger partial charge in [-0.15, -0.1) is 0 Å². The third kappa shape index (κ3) is 2.21. The molecule has 2 aromatic rings. The molecule has 1 nitrogen and oxygen atoms in total. The summed E-state index contributed by atoms with van der Waals surface area (Å²) < 4.78 is 0. The van der Waals surface area contributed by atoms with Crippen LogP contribution in [-0.4, -0.2) is 5.71 Å². The van der Waals surface area contributed by atoms with Crippen molar-refractivity contribution in [1.82, 2.24) is 0 Å². The van der Waals surface area contributed by atoms with Gasteiger partial charge in [-0.1, -0.05) is 48.5 Å². The number of hydrogen-bond acceptors (Lipinski definition) is 1. The van der Waals surface area contributed by atoms with Gasteiger partial charge in [-0.2, -0.15) is 0 Å². The minimum Gasteiger partial charge on any atom is -0.258 e. The second-order valence-corrected chi connectivity index (χ2v) is 4.77. The third-order valence-corrected chi connectivity index (χ3v) is 3.45. The first-order chi connectivity index (χ1) is 8.83. The molecular formula is C17H16N. The molecule has 0 bridgehead atoms. The minimum atomic E-state index is 0.419. The fourth-order valence-corrected chi connectivity index (χ4v) is 2.42. The van der Waals surface area contributed by atoms with Crippen molar-refractivity contribution in [3.8, 4) is 0 Å². The maximum atomic E-state index is 4.71. The summed E-state index contributed by atoms with van der Waals surface area (Å²) >= 11 is 0. The molecule has 1 aliphatic rings. The van der Waals surface area contributed by atoms with Gasteiger partial charge in [-0.05, 0) is 30.5 Å². The first-order valence-corrected chi connectivity index (χ1v) is 6.36. The predicted octanol–water partition coefficient (Wildman–Crippen LogP) is 4.20. The largest absolute Gasteiger partial charge is 0.258 e. The van der Waals surface area contributed by atoms with E-state index in [1.54, 1.807) is 0 Å². The molecule has 3 rings (SSSR count). The number of hydrogen-bond donors (Lipinski definition) is 0. The van der Waals surface area contributed by atoms with E-state index in [-0.39, 0.29) is 0 Å². The van der Waals surface area contributed by atoms with Crippen molar-refractivity contribution in [3.05, 3.63) is 72.1 Å². The van der Waals surface area contributed by atoms with Gasteiger partial charge in [0.15, 0.2) is 0 Å². The lowest BCUT2D eigenvalue weighted by Gasteiger charge is -2.22. The van der Waals surface area contributed by atoms with Crippen molar-refractivity contribution in [2.24, 2.45) is 10.9 Å². The van der Waals surface area contributed by atoms with E-state index < -0.39 is 0 Å². The van der Waals surface area contributed by atoms with Gasteiger partial charge in [-0.3, -0.25) is 4.99 Å². The zero-order chi connectivity index (χ0) is 12.4. The van der Waals surface area contributed by atoms with Crippen LogP contribution in [0.15, 0.2) is 59.6 Å².